The van der Waals surface area contributed by atoms with E-state index in [1.165, 1.54) is 29.8 Å². The van der Waals surface area contributed by atoms with E-state index in [1.54, 1.807) is 4.80 Å². The summed E-state index contributed by atoms with van der Waals surface area (Å²) in [5.74, 6) is 0. The van der Waals surface area contributed by atoms with Gasteiger partial charge >= 0.3 is 0 Å². The molecule has 5 heteroatoms. The lowest BCUT2D eigenvalue weighted by molar-refractivity contribution is 0.765. The minimum atomic E-state index is 0.957. The quantitative estimate of drug-likeness (QED) is 0.693. The molecule has 1 aliphatic rings. The van der Waals surface area contributed by atoms with Crippen molar-refractivity contribution < 1.29 is 0 Å². The number of hydrogen-bond acceptors (Lipinski definition) is 4. The van der Waals surface area contributed by atoms with Gasteiger partial charge in [-0.3, -0.25) is 0 Å². The van der Waals surface area contributed by atoms with Crippen LogP contribution in [0.2, 0.25) is 0 Å². The fourth-order valence-corrected chi connectivity index (χ4v) is 3.86. The van der Waals surface area contributed by atoms with Crippen molar-refractivity contribution in [1.29, 1.82) is 0 Å². The topological polar surface area (TPSA) is 37.2 Å². The monoisotopic (exact) mass is 349 g/mol. The summed E-state index contributed by atoms with van der Waals surface area (Å²) in [6.07, 6.45) is 2.56. The highest BCUT2D eigenvalue weighted by Crippen LogP contribution is 2.28. The number of aryl methyl sites for hydroxylation is 1. The zero-order chi connectivity index (χ0) is 18.1. The molecule has 1 aromatic heterocycles. The van der Waals surface area contributed by atoms with Gasteiger partial charge < -0.3 is 9.80 Å². The highest BCUT2D eigenvalue weighted by molar-refractivity contribution is 5.81. The summed E-state index contributed by atoms with van der Waals surface area (Å²) in [6.45, 7) is 10.8. The van der Waals surface area contributed by atoms with Gasteiger partial charge in [-0.1, -0.05) is 0 Å². The van der Waals surface area contributed by atoms with Crippen molar-refractivity contribution in [3.8, 4) is 5.69 Å². The predicted molar refractivity (Wildman–Crippen MR) is 109 cm³/mol. The van der Waals surface area contributed by atoms with Crippen LogP contribution in [0.3, 0.4) is 0 Å². The number of rotatable bonds is 5. The van der Waals surface area contributed by atoms with E-state index in [-0.39, 0.29) is 0 Å². The maximum Gasteiger partial charge on any atom is 0.115 e. The standard InChI is InChI=1S/C21H27N5/c1-4-24(5-2)17-8-10-18(11-9-17)26-22-19-14-16(3)21(15-20(19)23-26)25-12-6-7-13-25/h8-11,14-15H,4-7,12-13H2,1-3H3. The Hall–Kier alpha value is -2.56. The summed E-state index contributed by atoms with van der Waals surface area (Å²) in [7, 11) is 0. The molecule has 0 spiro atoms. The van der Waals surface area contributed by atoms with Gasteiger partial charge in [0.1, 0.15) is 11.0 Å². The first-order valence-corrected chi connectivity index (χ1v) is 9.67. The second-order valence-electron chi connectivity index (χ2n) is 7.00. The van der Waals surface area contributed by atoms with Crippen molar-refractivity contribution in [3.05, 3.63) is 42.0 Å². The third-order valence-electron chi connectivity index (χ3n) is 5.35. The van der Waals surface area contributed by atoms with Gasteiger partial charge in [-0.05, 0) is 75.6 Å². The normalized spacial score (nSPS) is 14.3. The van der Waals surface area contributed by atoms with Crippen LogP contribution in [0, 0.1) is 6.92 Å². The van der Waals surface area contributed by atoms with Gasteiger partial charge in [0.2, 0.25) is 0 Å². The molecule has 0 aliphatic carbocycles. The van der Waals surface area contributed by atoms with Crippen LogP contribution in [-0.4, -0.2) is 41.2 Å². The van der Waals surface area contributed by atoms with Crippen LogP contribution in [0.5, 0.6) is 0 Å². The third kappa shape index (κ3) is 3.02. The Morgan fingerprint density at radius 1 is 0.923 bits per heavy atom. The fourth-order valence-electron chi connectivity index (χ4n) is 3.86. The highest BCUT2D eigenvalue weighted by Gasteiger charge is 2.16. The predicted octanol–water partition coefficient (Wildman–Crippen LogP) is 4.18. The molecule has 5 nitrogen and oxygen atoms in total. The molecule has 3 aromatic rings. The molecular weight excluding hydrogens is 322 g/mol. The molecule has 0 unspecified atom stereocenters. The Balaban J connectivity index is 1.66. The van der Waals surface area contributed by atoms with E-state index >= 15 is 0 Å². The van der Waals surface area contributed by atoms with Crippen molar-refractivity contribution in [3.63, 3.8) is 0 Å². The van der Waals surface area contributed by atoms with Crippen molar-refractivity contribution in [2.75, 3.05) is 36.0 Å². The minimum Gasteiger partial charge on any atom is -0.372 e. The smallest absolute Gasteiger partial charge is 0.115 e. The lowest BCUT2D eigenvalue weighted by Crippen LogP contribution is -2.21. The number of nitrogens with zero attached hydrogens (tertiary/aromatic N) is 5. The van der Waals surface area contributed by atoms with Crippen LogP contribution < -0.4 is 9.80 Å². The van der Waals surface area contributed by atoms with Crippen LogP contribution >= 0.6 is 0 Å². The van der Waals surface area contributed by atoms with E-state index in [9.17, 15) is 0 Å². The van der Waals surface area contributed by atoms with Gasteiger partial charge in [0, 0.05) is 37.6 Å². The largest absolute Gasteiger partial charge is 0.372 e. The van der Waals surface area contributed by atoms with Crippen LogP contribution in [0.25, 0.3) is 16.7 Å². The second-order valence-corrected chi connectivity index (χ2v) is 7.00. The first-order valence-electron chi connectivity index (χ1n) is 9.67. The summed E-state index contributed by atoms with van der Waals surface area (Å²) in [4.78, 5) is 6.55. The van der Waals surface area contributed by atoms with Gasteiger partial charge in [0.15, 0.2) is 0 Å². The average Bonchev–Trinajstić information content (AvgIpc) is 3.32. The lowest BCUT2D eigenvalue weighted by atomic mass is 10.1. The Morgan fingerprint density at radius 3 is 2.15 bits per heavy atom. The summed E-state index contributed by atoms with van der Waals surface area (Å²) >= 11 is 0. The number of aromatic nitrogens is 3. The van der Waals surface area contributed by atoms with E-state index in [4.69, 9.17) is 10.2 Å². The summed E-state index contributed by atoms with van der Waals surface area (Å²) in [5.41, 5.74) is 6.74. The molecule has 0 bridgehead atoms. The fraction of sp³-hybridized carbons (Fsp3) is 0.429. The minimum absolute atomic E-state index is 0.957. The Bertz CT molecular complexity index is 887. The van der Waals surface area contributed by atoms with Crippen molar-refractivity contribution in [2.45, 2.75) is 33.6 Å². The molecule has 0 amide bonds. The van der Waals surface area contributed by atoms with Crippen molar-refractivity contribution in [1.82, 2.24) is 15.0 Å². The summed E-state index contributed by atoms with van der Waals surface area (Å²) < 4.78 is 0. The van der Waals surface area contributed by atoms with Gasteiger partial charge in [-0.25, -0.2) is 0 Å². The summed E-state index contributed by atoms with van der Waals surface area (Å²) in [6, 6.07) is 12.9. The Labute approximate surface area is 155 Å². The molecule has 136 valence electrons. The number of hydrogen-bond donors (Lipinski definition) is 0. The number of benzene rings is 2. The average molecular weight is 349 g/mol. The zero-order valence-corrected chi connectivity index (χ0v) is 15.9. The molecule has 1 aliphatic heterocycles. The molecule has 2 heterocycles. The first kappa shape index (κ1) is 16.9. The maximum atomic E-state index is 4.74. The van der Waals surface area contributed by atoms with Gasteiger partial charge in [-0.15, -0.1) is 10.2 Å². The van der Waals surface area contributed by atoms with E-state index in [0.29, 0.717) is 0 Å². The molecule has 0 saturated carbocycles. The van der Waals surface area contributed by atoms with Crippen LogP contribution in [0.15, 0.2) is 36.4 Å². The number of anilines is 2. The molecule has 0 N–H and O–H groups in total. The van der Waals surface area contributed by atoms with E-state index < -0.39 is 0 Å². The van der Waals surface area contributed by atoms with Gasteiger partial charge in [-0.2, -0.15) is 4.80 Å². The van der Waals surface area contributed by atoms with Crippen molar-refractivity contribution >= 4 is 22.4 Å². The van der Waals surface area contributed by atoms with E-state index in [2.05, 4.69) is 67.0 Å². The zero-order valence-electron chi connectivity index (χ0n) is 15.9. The molecule has 2 aromatic carbocycles. The lowest BCUT2D eigenvalue weighted by Gasteiger charge is -2.20. The SMILES string of the molecule is CCN(CC)c1ccc(-n2nc3cc(C)c(N4CCCC4)cc3n2)cc1. The maximum absolute atomic E-state index is 4.74. The molecule has 1 saturated heterocycles. The molecule has 26 heavy (non-hydrogen) atoms. The molecule has 0 radical (unpaired) electrons. The van der Waals surface area contributed by atoms with E-state index in [0.717, 1.165) is 42.9 Å². The second kappa shape index (κ2) is 6.98. The molecule has 4 rings (SSSR count). The van der Waals surface area contributed by atoms with Crippen LogP contribution in [0.1, 0.15) is 32.3 Å². The molecular formula is C21H27N5. The van der Waals surface area contributed by atoms with Gasteiger partial charge in [0.25, 0.3) is 0 Å². The van der Waals surface area contributed by atoms with Crippen LogP contribution in [-0.2, 0) is 0 Å². The van der Waals surface area contributed by atoms with Gasteiger partial charge in [0.05, 0.1) is 5.69 Å². The Kier molecular flexibility index (Phi) is 4.53. The molecule has 0 atom stereocenters. The first-order chi connectivity index (χ1) is 12.7. The highest BCUT2D eigenvalue weighted by atomic mass is 15.5. The molecule has 1 fully saturated rings. The third-order valence-corrected chi connectivity index (χ3v) is 5.35. The number of fused-ring (bicyclic) bond motifs is 1. The Morgan fingerprint density at radius 2 is 1.54 bits per heavy atom. The van der Waals surface area contributed by atoms with E-state index in [1.807, 2.05) is 0 Å². The summed E-state index contributed by atoms with van der Waals surface area (Å²) in [5, 5.41) is 9.44. The van der Waals surface area contributed by atoms with Crippen LogP contribution in [0.4, 0.5) is 11.4 Å². The van der Waals surface area contributed by atoms with Crippen molar-refractivity contribution in [2.24, 2.45) is 0 Å².